The second-order valence-corrected chi connectivity index (χ2v) is 8.24. The molecule has 8 nitrogen and oxygen atoms in total. The van der Waals surface area contributed by atoms with Crippen LogP contribution in [-0.2, 0) is 11.3 Å². The number of nitrogens with one attached hydrogen (secondary N) is 1. The van der Waals surface area contributed by atoms with Crippen molar-refractivity contribution < 1.29 is 14.3 Å². The van der Waals surface area contributed by atoms with Crippen molar-refractivity contribution in [2.75, 3.05) is 18.5 Å². The van der Waals surface area contributed by atoms with E-state index in [1.165, 1.54) is 21.6 Å². The third-order valence-electron chi connectivity index (χ3n) is 4.53. The van der Waals surface area contributed by atoms with Crippen LogP contribution in [0.25, 0.3) is 11.7 Å². The van der Waals surface area contributed by atoms with Crippen LogP contribution in [0.3, 0.4) is 0 Å². The summed E-state index contributed by atoms with van der Waals surface area (Å²) in [6.45, 7) is 2.17. The molecular formula is C20H18N4O4S2. The molecule has 1 saturated heterocycles. The Balaban J connectivity index is 1.77. The molecular weight excluding hydrogens is 424 g/mol. The Hall–Kier alpha value is -2.95. The number of amides is 1. The standard InChI is InChI=1S/C20H18N4O4S2/c1-12-4-2-7-23-17(12)22-16(21-6-8-25)14(18(23)26)10-15-19(27)24(20(29)30-15)11-13-5-3-9-28-13/h2-5,7,9-10,21,25H,6,8,11H2,1H3. The first kappa shape index (κ1) is 20.3. The Bertz CT molecular complexity index is 1220. The molecule has 0 aromatic carbocycles. The van der Waals surface area contributed by atoms with Crippen LogP contribution in [0.15, 0.2) is 50.8 Å². The molecule has 0 radical (unpaired) electrons. The molecule has 0 aliphatic carbocycles. The number of thioether (sulfide) groups is 1. The van der Waals surface area contributed by atoms with Gasteiger partial charge in [0.2, 0.25) is 0 Å². The van der Waals surface area contributed by atoms with Crippen molar-refractivity contribution in [1.29, 1.82) is 0 Å². The Morgan fingerprint density at radius 3 is 2.90 bits per heavy atom. The summed E-state index contributed by atoms with van der Waals surface area (Å²) in [6.07, 6.45) is 4.67. The van der Waals surface area contributed by atoms with E-state index in [9.17, 15) is 14.7 Å². The number of hydrogen-bond acceptors (Lipinski definition) is 8. The van der Waals surface area contributed by atoms with Gasteiger partial charge in [0.15, 0.2) is 0 Å². The quantitative estimate of drug-likeness (QED) is 0.443. The number of aryl methyl sites for hydroxylation is 1. The number of carbonyl (C=O) groups excluding carboxylic acids is 1. The number of fused-ring (bicyclic) bond motifs is 1. The molecule has 4 heterocycles. The SMILES string of the molecule is Cc1cccn2c(=O)c(C=C3SC(=S)N(Cc4ccco4)C3=O)c(NCCO)nc12. The van der Waals surface area contributed by atoms with Crippen molar-refractivity contribution in [1.82, 2.24) is 14.3 Å². The van der Waals surface area contributed by atoms with Gasteiger partial charge in [-0.05, 0) is 36.8 Å². The molecule has 0 spiro atoms. The minimum atomic E-state index is -0.319. The second-order valence-electron chi connectivity index (χ2n) is 6.56. The van der Waals surface area contributed by atoms with E-state index in [-0.39, 0.29) is 36.7 Å². The summed E-state index contributed by atoms with van der Waals surface area (Å²) in [5.74, 6) is 0.615. The Kier molecular flexibility index (Phi) is 5.71. The van der Waals surface area contributed by atoms with Gasteiger partial charge in [0.25, 0.3) is 11.5 Å². The summed E-state index contributed by atoms with van der Waals surface area (Å²) in [6, 6.07) is 7.13. The van der Waals surface area contributed by atoms with Crippen LogP contribution < -0.4 is 10.9 Å². The largest absolute Gasteiger partial charge is 0.467 e. The third kappa shape index (κ3) is 3.76. The van der Waals surface area contributed by atoms with Crippen LogP contribution in [0.4, 0.5) is 5.82 Å². The number of hydrogen-bond donors (Lipinski definition) is 2. The molecule has 10 heteroatoms. The van der Waals surface area contributed by atoms with E-state index in [1.807, 2.05) is 13.0 Å². The van der Waals surface area contributed by atoms with Crippen molar-refractivity contribution in [3.63, 3.8) is 0 Å². The van der Waals surface area contributed by atoms with Gasteiger partial charge in [-0.15, -0.1) is 0 Å². The third-order valence-corrected chi connectivity index (χ3v) is 5.91. The second kappa shape index (κ2) is 8.42. The number of aliphatic hydroxyl groups is 1. The summed E-state index contributed by atoms with van der Waals surface area (Å²) in [5, 5.41) is 12.2. The fourth-order valence-electron chi connectivity index (χ4n) is 3.08. The van der Waals surface area contributed by atoms with Gasteiger partial charge >= 0.3 is 0 Å². The van der Waals surface area contributed by atoms with Gasteiger partial charge in [-0.1, -0.05) is 30.0 Å². The number of aliphatic hydroxyl groups excluding tert-OH is 1. The summed E-state index contributed by atoms with van der Waals surface area (Å²) in [4.78, 5) is 32.4. The van der Waals surface area contributed by atoms with Crippen molar-refractivity contribution in [3.8, 4) is 0 Å². The highest BCUT2D eigenvalue weighted by molar-refractivity contribution is 8.26. The normalized spacial score (nSPS) is 15.5. The lowest BCUT2D eigenvalue weighted by atomic mass is 10.2. The summed E-state index contributed by atoms with van der Waals surface area (Å²) in [7, 11) is 0. The fraction of sp³-hybridized carbons (Fsp3) is 0.200. The van der Waals surface area contributed by atoms with Gasteiger partial charge in [-0.2, -0.15) is 0 Å². The highest BCUT2D eigenvalue weighted by Gasteiger charge is 2.33. The highest BCUT2D eigenvalue weighted by atomic mass is 32.2. The molecule has 0 saturated carbocycles. The van der Waals surface area contributed by atoms with E-state index in [1.54, 1.807) is 24.4 Å². The first-order valence-electron chi connectivity index (χ1n) is 9.14. The van der Waals surface area contributed by atoms with Gasteiger partial charge in [0.1, 0.15) is 21.5 Å². The average molecular weight is 443 g/mol. The molecule has 0 unspecified atom stereocenters. The van der Waals surface area contributed by atoms with Crippen LogP contribution >= 0.6 is 24.0 Å². The molecule has 4 rings (SSSR count). The molecule has 30 heavy (non-hydrogen) atoms. The Morgan fingerprint density at radius 2 is 2.17 bits per heavy atom. The minimum Gasteiger partial charge on any atom is -0.467 e. The molecule has 154 valence electrons. The molecule has 1 aliphatic rings. The van der Waals surface area contributed by atoms with Crippen molar-refractivity contribution >= 4 is 51.7 Å². The molecule has 3 aromatic rings. The zero-order valence-corrected chi connectivity index (χ0v) is 17.6. The van der Waals surface area contributed by atoms with Crippen molar-refractivity contribution in [2.24, 2.45) is 0 Å². The van der Waals surface area contributed by atoms with E-state index in [0.717, 1.165) is 17.3 Å². The lowest BCUT2D eigenvalue weighted by Gasteiger charge is -2.12. The monoisotopic (exact) mass is 442 g/mol. The zero-order chi connectivity index (χ0) is 21.3. The highest BCUT2D eigenvalue weighted by Crippen LogP contribution is 2.34. The van der Waals surface area contributed by atoms with Crippen LogP contribution in [0.5, 0.6) is 0 Å². The minimum absolute atomic E-state index is 0.125. The first-order valence-corrected chi connectivity index (χ1v) is 10.4. The van der Waals surface area contributed by atoms with Crippen LogP contribution in [0.1, 0.15) is 16.9 Å². The Labute approximate surface area is 181 Å². The van der Waals surface area contributed by atoms with E-state index < -0.39 is 0 Å². The molecule has 2 N–H and O–H groups in total. The van der Waals surface area contributed by atoms with Crippen LogP contribution in [-0.4, -0.2) is 42.8 Å². The number of anilines is 1. The van der Waals surface area contributed by atoms with Gasteiger partial charge in [-0.25, -0.2) is 4.98 Å². The number of rotatable bonds is 6. The zero-order valence-electron chi connectivity index (χ0n) is 16.0. The number of aromatic nitrogens is 2. The molecule has 1 amide bonds. The van der Waals surface area contributed by atoms with E-state index in [0.29, 0.717) is 26.5 Å². The van der Waals surface area contributed by atoms with E-state index >= 15 is 0 Å². The molecule has 3 aromatic heterocycles. The number of furan rings is 1. The van der Waals surface area contributed by atoms with Crippen LogP contribution in [0, 0.1) is 6.92 Å². The first-order chi connectivity index (χ1) is 14.5. The fourth-order valence-corrected chi connectivity index (χ4v) is 4.31. The van der Waals surface area contributed by atoms with Gasteiger partial charge < -0.3 is 14.8 Å². The number of pyridine rings is 1. The number of nitrogens with zero attached hydrogens (tertiary/aromatic N) is 3. The lowest BCUT2D eigenvalue weighted by molar-refractivity contribution is -0.122. The number of thiocarbonyl (C=S) groups is 1. The van der Waals surface area contributed by atoms with Crippen molar-refractivity contribution in [3.05, 3.63) is 68.9 Å². The molecule has 1 aliphatic heterocycles. The Morgan fingerprint density at radius 1 is 1.33 bits per heavy atom. The van der Waals surface area contributed by atoms with Crippen molar-refractivity contribution in [2.45, 2.75) is 13.5 Å². The van der Waals surface area contributed by atoms with Gasteiger partial charge in [0, 0.05) is 12.7 Å². The lowest BCUT2D eigenvalue weighted by Crippen LogP contribution is -2.27. The van der Waals surface area contributed by atoms with E-state index in [2.05, 4.69) is 10.3 Å². The predicted octanol–water partition coefficient (Wildman–Crippen LogP) is 2.40. The summed E-state index contributed by atoms with van der Waals surface area (Å²) < 4.78 is 7.13. The maximum Gasteiger partial charge on any atom is 0.267 e. The molecule has 0 bridgehead atoms. The van der Waals surface area contributed by atoms with Gasteiger partial charge in [0.05, 0.1) is 29.9 Å². The summed E-state index contributed by atoms with van der Waals surface area (Å²) >= 11 is 6.47. The topological polar surface area (TPSA) is 100 Å². The maximum absolute atomic E-state index is 13.2. The molecule has 0 atom stereocenters. The van der Waals surface area contributed by atoms with Crippen LogP contribution in [0.2, 0.25) is 0 Å². The summed E-state index contributed by atoms with van der Waals surface area (Å²) in [5.41, 5.74) is 1.24. The predicted molar refractivity (Wildman–Crippen MR) is 119 cm³/mol. The number of carbonyl (C=O) groups is 1. The van der Waals surface area contributed by atoms with E-state index in [4.69, 9.17) is 16.6 Å². The van der Waals surface area contributed by atoms with Gasteiger partial charge in [-0.3, -0.25) is 18.9 Å². The smallest absolute Gasteiger partial charge is 0.267 e. The molecule has 1 fully saturated rings. The average Bonchev–Trinajstić information content (AvgIpc) is 3.33. The maximum atomic E-state index is 13.2.